The number of hydrogen-bond acceptors (Lipinski definition) is 3. The van der Waals surface area contributed by atoms with E-state index in [0.29, 0.717) is 12.1 Å². The average molecular weight is 400 g/mol. The van der Waals surface area contributed by atoms with Gasteiger partial charge in [-0.2, -0.15) is 0 Å². The Morgan fingerprint density at radius 1 is 1.27 bits per heavy atom. The van der Waals surface area contributed by atoms with E-state index in [4.69, 9.17) is 0 Å². The van der Waals surface area contributed by atoms with E-state index in [0.717, 1.165) is 31.8 Å². The number of carbonyl (C=O) groups is 1. The number of fused-ring (bicyclic) bond motifs is 2. The van der Waals surface area contributed by atoms with Crippen LogP contribution in [0.5, 0.6) is 0 Å². The molecule has 1 aliphatic carbocycles. The molecule has 4 atom stereocenters. The van der Waals surface area contributed by atoms with Crippen LogP contribution in [0.15, 0.2) is 24.3 Å². The summed E-state index contributed by atoms with van der Waals surface area (Å²) in [4.78, 5) is 15.0. The lowest BCUT2D eigenvalue weighted by atomic mass is 9.85. The van der Waals surface area contributed by atoms with Gasteiger partial charge in [0.25, 0.3) is 0 Å². The third kappa shape index (κ3) is 4.29. The number of halogens is 2. The fourth-order valence-corrected chi connectivity index (χ4v) is 4.82. The molecule has 4 nitrogen and oxygen atoms in total. The first-order valence-electron chi connectivity index (χ1n) is 9.60. The average Bonchev–Trinajstić information content (AvgIpc) is 3.23. The van der Waals surface area contributed by atoms with Crippen molar-refractivity contribution in [1.82, 2.24) is 10.6 Å². The van der Waals surface area contributed by atoms with Crippen LogP contribution in [0.25, 0.3) is 0 Å². The maximum absolute atomic E-state index is 12.6. The van der Waals surface area contributed by atoms with Gasteiger partial charge >= 0.3 is 0 Å². The van der Waals surface area contributed by atoms with Crippen molar-refractivity contribution in [1.29, 1.82) is 0 Å². The lowest BCUT2D eigenvalue weighted by Gasteiger charge is -2.28. The van der Waals surface area contributed by atoms with Crippen molar-refractivity contribution in [3.8, 4) is 0 Å². The van der Waals surface area contributed by atoms with Crippen molar-refractivity contribution >= 4 is 36.4 Å². The van der Waals surface area contributed by atoms with Gasteiger partial charge in [0.2, 0.25) is 5.91 Å². The maximum atomic E-state index is 12.6. The third-order valence-electron chi connectivity index (χ3n) is 6.21. The molecule has 0 bridgehead atoms. The van der Waals surface area contributed by atoms with Gasteiger partial charge in [-0.3, -0.25) is 4.79 Å². The summed E-state index contributed by atoms with van der Waals surface area (Å²) in [6, 6.07) is 9.57. The molecule has 2 heterocycles. The molecule has 146 valence electrons. The van der Waals surface area contributed by atoms with E-state index >= 15 is 0 Å². The quantitative estimate of drug-likeness (QED) is 0.815. The van der Waals surface area contributed by atoms with Crippen LogP contribution in [0, 0.1) is 5.92 Å². The summed E-state index contributed by atoms with van der Waals surface area (Å²) >= 11 is 0. The second-order valence-electron chi connectivity index (χ2n) is 7.77. The minimum absolute atomic E-state index is 0. The molecule has 6 heteroatoms. The summed E-state index contributed by atoms with van der Waals surface area (Å²) in [6.45, 7) is 3.99. The Kier molecular flexibility index (Phi) is 7.63. The van der Waals surface area contributed by atoms with Crippen molar-refractivity contribution in [2.75, 3.05) is 18.0 Å². The van der Waals surface area contributed by atoms with Crippen LogP contribution in [0.1, 0.15) is 44.6 Å². The second kappa shape index (κ2) is 9.29. The Morgan fingerprint density at radius 3 is 2.85 bits per heavy atom. The molecule has 2 fully saturated rings. The van der Waals surface area contributed by atoms with E-state index in [1.165, 1.54) is 36.9 Å². The highest BCUT2D eigenvalue weighted by molar-refractivity contribution is 5.85. The Bertz CT molecular complexity index is 598. The summed E-state index contributed by atoms with van der Waals surface area (Å²) in [5.41, 5.74) is 2.77. The second-order valence-corrected chi connectivity index (χ2v) is 7.77. The molecular weight excluding hydrogens is 369 g/mol. The number of anilines is 1. The van der Waals surface area contributed by atoms with Crippen LogP contribution in [0.4, 0.5) is 5.69 Å². The number of amides is 1. The van der Waals surface area contributed by atoms with Crippen molar-refractivity contribution in [3.63, 3.8) is 0 Å². The maximum Gasteiger partial charge on any atom is 0.237 e. The molecular formula is C20H31Cl2N3O. The van der Waals surface area contributed by atoms with Crippen LogP contribution in [-0.2, 0) is 11.2 Å². The molecule has 2 N–H and O–H groups in total. The van der Waals surface area contributed by atoms with Gasteiger partial charge in [0.15, 0.2) is 0 Å². The Hall–Kier alpha value is -0.970. The monoisotopic (exact) mass is 399 g/mol. The standard InChI is InChI=1S/C20H29N3O.2ClH/c1-14(23-11-10-15-6-3-5-9-19(15)23)13-21-20(24)18-12-16-7-2-4-8-17(16)22-18;;/h3,5-6,9,14,16-18,22H,2,4,7-8,10-13H2,1H3,(H,21,24);2*1H. The molecule has 0 spiro atoms. The van der Waals surface area contributed by atoms with Gasteiger partial charge < -0.3 is 15.5 Å². The summed E-state index contributed by atoms with van der Waals surface area (Å²) in [5, 5.41) is 6.77. The van der Waals surface area contributed by atoms with Crippen molar-refractivity contribution < 1.29 is 4.79 Å². The van der Waals surface area contributed by atoms with Gasteiger partial charge in [0, 0.05) is 30.9 Å². The topological polar surface area (TPSA) is 44.4 Å². The fraction of sp³-hybridized carbons (Fsp3) is 0.650. The SMILES string of the molecule is CC(CNC(=O)C1CC2CCCCC2N1)N1CCc2ccccc21.Cl.Cl. The van der Waals surface area contributed by atoms with E-state index in [9.17, 15) is 4.79 Å². The highest BCUT2D eigenvalue weighted by atomic mass is 35.5. The van der Waals surface area contributed by atoms with Crippen LogP contribution >= 0.6 is 24.8 Å². The summed E-state index contributed by atoms with van der Waals surface area (Å²) in [7, 11) is 0. The number of rotatable bonds is 4. The minimum atomic E-state index is 0. The first-order valence-corrected chi connectivity index (χ1v) is 9.60. The minimum Gasteiger partial charge on any atom is -0.366 e. The molecule has 0 aromatic heterocycles. The first kappa shape index (κ1) is 21.3. The Labute approximate surface area is 169 Å². The van der Waals surface area contributed by atoms with Crippen LogP contribution in [0.2, 0.25) is 0 Å². The van der Waals surface area contributed by atoms with E-state index in [1.54, 1.807) is 0 Å². The molecule has 3 aliphatic rings. The highest BCUT2D eigenvalue weighted by Gasteiger charge is 2.38. The number of carbonyl (C=O) groups excluding carboxylic acids is 1. The zero-order chi connectivity index (χ0) is 16.5. The first-order chi connectivity index (χ1) is 11.7. The predicted octanol–water partition coefficient (Wildman–Crippen LogP) is 3.32. The lowest BCUT2D eigenvalue weighted by Crippen LogP contribution is -2.47. The van der Waals surface area contributed by atoms with Gasteiger partial charge in [0.1, 0.15) is 0 Å². The molecule has 0 radical (unpaired) electrons. The van der Waals surface area contributed by atoms with Crippen molar-refractivity contribution in [3.05, 3.63) is 29.8 Å². The van der Waals surface area contributed by atoms with Crippen LogP contribution in [0.3, 0.4) is 0 Å². The molecule has 2 aliphatic heterocycles. The van der Waals surface area contributed by atoms with Crippen LogP contribution in [-0.4, -0.2) is 37.1 Å². The van der Waals surface area contributed by atoms with Crippen molar-refractivity contribution in [2.45, 2.75) is 63.6 Å². The number of benzene rings is 1. The largest absolute Gasteiger partial charge is 0.366 e. The van der Waals surface area contributed by atoms with Gasteiger partial charge in [-0.25, -0.2) is 0 Å². The number of nitrogens with zero attached hydrogens (tertiary/aromatic N) is 1. The summed E-state index contributed by atoms with van der Waals surface area (Å²) < 4.78 is 0. The zero-order valence-electron chi connectivity index (χ0n) is 15.4. The fourth-order valence-electron chi connectivity index (χ4n) is 4.82. The number of nitrogens with one attached hydrogen (secondary N) is 2. The van der Waals surface area contributed by atoms with Gasteiger partial charge in [0.05, 0.1) is 6.04 Å². The molecule has 1 saturated carbocycles. The lowest BCUT2D eigenvalue weighted by molar-refractivity contribution is -0.122. The third-order valence-corrected chi connectivity index (χ3v) is 6.21. The van der Waals surface area contributed by atoms with Gasteiger partial charge in [-0.15, -0.1) is 24.8 Å². The molecule has 4 unspecified atom stereocenters. The number of hydrogen-bond donors (Lipinski definition) is 2. The zero-order valence-corrected chi connectivity index (χ0v) is 17.1. The predicted molar refractivity (Wildman–Crippen MR) is 112 cm³/mol. The Morgan fingerprint density at radius 2 is 2.04 bits per heavy atom. The van der Waals surface area contributed by atoms with E-state index in [1.807, 2.05) is 0 Å². The molecule has 26 heavy (non-hydrogen) atoms. The molecule has 1 aromatic carbocycles. The van der Waals surface area contributed by atoms with E-state index in [2.05, 4.69) is 46.7 Å². The molecule has 4 rings (SSSR count). The summed E-state index contributed by atoms with van der Waals surface area (Å²) in [5.74, 6) is 0.918. The van der Waals surface area contributed by atoms with Gasteiger partial charge in [-0.05, 0) is 50.2 Å². The molecule has 1 amide bonds. The molecule has 1 saturated heterocycles. The van der Waals surface area contributed by atoms with Crippen LogP contribution < -0.4 is 15.5 Å². The summed E-state index contributed by atoms with van der Waals surface area (Å²) in [6.07, 6.45) is 7.33. The molecule has 1 aromatic rings. The van der Waals surface area contributed by atoms with Gasteiger partial charge in [-0.1, -0.05) is 31.0 Å². The Balaban J connectivity index is 0.00000121. The van der Waals surface area contributed by atoms with E-state index < -0.39 is 0 Å². The van der Waals surface area contributed by atoms with E-state index in [-0.39, 0.29) is 36.8 Å². The smallest absolute Gasteiger partial charge is 0.237 e. The highest BCUT2D eigenvalue weighted by Crippen LogP contribution is 2.33. The normalized spacial score (nSPS) is 27.6. The number of para-hydroxylation sites is 1. The van der Waals surface area contributed by atoms with Crippen molar-refractivity contribution in [2.24, 2.45) is 5.92 Å².